The minimum atomic E-state index is -0.882. The van der Waals surface area contributed by atoms with Crippen molar-refractivity contribution in [3.8, 4) is 22.8 Å². The van der Waals surface area contributed by atoms with Gasteiger partial charge in [-0.25, -0.2) is 13.8 Å². The number of nitrogens with one attached hydrogen (secondary N) is 2. The van der Waals surface area contributed by atoms with Crippen LogP contribution in [0.4, 0.5) is 13.9 Å². The van der Waals surface area contributed by atoms with Crippen molar-refractivity contribution in [2.24, 2.45) is 5.92 Å². The van der Waals surface area contributed by atoms with E-state index in [1.165, 1.54) is 31.7 Å². The topological polar surface area (TPSA) is 89.5 Å². The maximum atomic E-state index is 14.0. The first-order valence-electron chi connectivity index (χ1n) is 9.97. The number of anilines is 1. The van der Waals surface area contributed by atoms with E-state index in [-0.39, 0.29) is 27.9 Å². The maximum absolute atomic E-state index is 14.0. The van der Waals surface area contributed by atoms with E-state index >= 15 is 0 Å². The Labute approximate surface area is 193 Å². The molecule has 0 radical (unpaired) electrons. The average molecular weight is 476 g/mol. The third kappa shape index (κ3) is 5.83. The van der Waals surface area contributed by atoms with Crippen LogP contribution in [-0.4, -0.2) is 37.1 Å². The molecule has 174 valence electrons. The van der Waals surface area contributed by atoms with Crippen LogP contribution in [-0.2, 0) is 4.79 Å². The van der Waals surface area contributed by atoms with Crippen LogP contribution in [0, 0.1) is 17.6 Å². The monoisotopic (exact) mass is 475 g/mol. The number of hydrogen-bond acceptors (Lipinski definition) is 6. The molecular formula is C23H23F2N3O4S. The van der Waals surface area contributed by atoms with Gasteiger partial charge in [0.25, 0.3) is 5.91 Å². The Morgan fingerprint density at radius 1 is 1.03 bits per heavy atom. The summed E-state index contributed by atoms with van der Waals surface area (Å²) in [4.78, 5) is 29.9. The van der Waals surface area contributed by atoms with Crippen molar-refractivity contribution in [3.05, 3.63) is 59.0 Å². The molecule has 2 N–H and O–H groups in total. The molecule has 0 bridgehead atoms. The van der Waals surface area contributed by atoms with Crippen molar-refractivity contribution in [1.29, 1.82) is 0 Å². The van der Waals surface area contributed by atoms with Crippen LogP contribution in [0.1, 0.15) is 24.2 Å². The van der Waals surface area contributed by atoms with Crippen LogP contribution >= 0.6 is 11.3 Å². The highest BCUT2D eigenvalue weighted by Crippen LogP contribution is 2.28. The van der Waals surface area contributed by atoms with Crippen LogP contribution in [0.25, 0.3) is 11.3 Å². The zero-order valence-corrected chi connectivity index (χ0v) is 19.3. The molecule has 10 heteroatoms. The molecule has 2 aromatic carbocycles. The van der Waals surface area contributed by atoms with Crippen LogP contribution in [0.15, 0.2) is 41.8 Å². The molecular weight excluding hydrogens is 452 g/mol. The van der Waals surface area contributed by atoms with E-state index in [0.717, 1.165) is 29.5 Å². The van der Waals surface area contributed by atoms with E-state index in [0.29, 0.717) is 11.5 Å². The number of hydrogen-bond donors (Lipinski definition) is 2. The van der Waals surface area contributed by atoms with Gasteiger partial charge in [-0.2, -0.15) is 0 Å². The van der Waals surface area contributed by atoms with E-state index in [4.69, 9.17) is 9.47 Å². The molecule has 0 aliphatic carbocycles. The highest BCUT2D eigenvalue weighted by Gasteiger charge is 2.26. The highest BCUT2D eigenvalue weighted by atomic mass is 32.1. The number of carbonyl (C=O) groups excluding carboxylic acids is 2. The van der Waals surface area contributed by atoms with Crippen molar-refractivity contribution in [1.82, 2.24) is 10.3 Å². The van der Waals surface area contributed by atoms with Crippen LogP contribution < -0.4 is 20.1 Å². The summed E-state index contributed by atoms with van der Waals surface area (Å²) in [5.74, 6) is -1.57. The molecule has 0 spiro atoms. The number of benzene rings is 2. The summed E-state index contributed by atoms with van der Waals surface area (Å²) in [6, 6.07) is 6.89. The molecule has 1 heterocycles. The zero-order chi connectivity index (χ0) is 24.1. The molecule has 1 unspecified atom stereocenters. The molecule has 3 rings (SSSR count). The van der Waals surface area contributed by atoms with Crippen molar-refractivity contribution in [2.45, 2.75) is 19.9 Å². The van der Waals surface area contributed by atoms with Crippen LogP contribution in [0.3, 0.4) is 0 Å². The van der Waals surface area contributed by atoms with Gasteiger partial charge >= 0.3 is 0 Å². The first-order chi connectivity index (χ1) is 15.7. The number of ether oxygens (including phenoxy) is 2. The first-order valence-corrected chi connectivity index (χ1v) is 10.9. The number of halogens is 2. The number of methoxy groups -OCH3 is 2. The standard InChI is InChI=1S/C23H23F2N3O4S/c1-12(2)20(27-21(29)13-7-15(31-3)10-16(8-13)32-4)22(30)28-23-26-19(11-33-23)17-9-14(24)5-6-18(17)25/h5-12,20H,1-4H3,(H,27,29)(H,26,28,30). The first kappa shape index (κ1) is 24.1. The summed E-state index contributed by atoms with van der Waals surface area (Å²) in [7, 11) is 2.94. The second-order valence-corrected chi connectivity index (χ2v) is 8.31. The lowest BCUT2D eigenvalue weighted by Gasteiger charge is -2.21. The molecule has 0 saturated heterocycles. The van der Waals surface area contributed by atoms with Gasteiger partial charge in [-0.05, 0) is 36.2 Å². The molecule has 0 aliphatic rings. The maximum Gasteiger partial charge on any atom is 0.252 e. The van der Waals surface area contributed by atoms with E-state index in [1.807, 2.05) is 0 Å². The van der Waals surface area contributed by atoms with E-state index in [2.05, 4.69) is 15.6 Å². The third-order valence-electron chi connectivity index (χ3n) is 4.79. The Morgan fingerprint density at radius 2 is 1.70 bits per heavy atom. The van der Waals surface area contributed by atoms with Crippen LogP contribution in [0.2, 0.25) is 0 Å². The second kappa shape index (κ2) is 10.4. The van der Waals surface area contributed by atoms with Gasteiger partial charge in [0.05, 0.1) is 19.9 Å². The second-order valence-electron chi connectivity index (χ2n) is 7.45. The summed E-state index contributed by atoms with van der Waals surface area (Å²) < 4.78 is 37.9. The Hall–Kier alpha value is -3.53. The minimum absolute atomic E-state index is 0.00701. The molecule has 2 amide bonds. The lowest BCUT2D eigenvalue weighted by molar-refractivity contribution is -0.118. The molecule has 1 aromatic heterocycles. The summed E-state index contributed by atoms with van der Waals surface area (Å²) in [5, 5.41) is 7.06. The fourth-order valence-electron chi connectivity index (χ4n) is 3.03. The molecule has 3 aromatic rings. The highest BCUT2D eigenvalue weighted by molar-refractivity contribution is 7.14. The van der Waals surface area contributed by atoms with E-state index in [1.54, 1.807) is 19.9 Å². The number of rotatable bonds is 8. The number of nitrogens with zero attached hydrogens (tertiary/aromatic N) is 1. The van der Waals surface area contributed by atoms with Crippen molar-refractivity contribution in [2.75, 3.05) is 19.5 Å². The number of amides is 2. The number of aromatic nitrogens is 1. The lowest BCUT2D eigenvalue weighted by atomic mass is 10.0. The van der Waals surface area contributed by atoms with Gasteiger partial charge < -0.3 is 20.1 Å². The van der Waals surface area contributed by atoms with Crippen molar-refractivity contribution in [3.63, 3.8) is 0 Å². The van der Waals surface area contributed by atoms with Gasteiger partial charge in [0.15, 0.2) is 5.13 Å². The normalized spacial score (nSPS) is 11.7. The lowest BCUT2D eigenvalue weighted by Crippen LogP contribution is -2.47. The Morgan fingerprint density at radius 3 is 2.30 bits per heavy atom. The predicted octanol–water partition coefficient (Wildman–Crippen LogP) is 4.50. The van der Waals surface area contributed by atoms with Gasteiger partial charge in [-0.15, -0.1) is 11.3 Å². The molecule has 0 fully saturated rings. The minimum Gasteiger partial charge on any atom is -0.497 e. The summed E-state index contributed by atoms with van der Waals surface area (Å²) in [6.07, 6.45) is 0. The average Bonchev–Trinajstić information content (AvgIpc) is 3.26. The Balaban J connectivity index is 1.76. The number of carbonyl (C=O) groups is 2. The SMILES string of the molecule is COc1cc(OC)cc(C(=O)NC(C(=O)Nc2nc(-c3cc(F)ccc3F)cs2)C(C)C)c1. The predicted molar refractivity (Wildman–Crippen MR) is 122 cm³/mol. The van der Waals surface area contributed by atoms with Gasteiger partial charge in [-0.1, -0.05) is 13.8 Å². The Kier molecular flexibility index (Phi) is 7.59. The molecule has 0 saturated carbocycles. The third-order valence-corrected chi connectivity index (χ3v) is 5.55. The molecule has 7 nitrogen and oxygen atoms in total. The van der Waals surface area contributed by atoms with E-state index in [9.17, 15) is 18.4 Å². The van der Waals surface area contributed by atoms with Gasteiger partial charge in [0.2, 0.25) is 5.91 Å². The largest absolute Gasteiger partial charge is 0.497 e. The molecule has 1 atom stereocenters. The van der Waals surface area contributed by atoms with Gasteiger partial charge in [0, 0.05) is 22.6 Å². The number of thiazole rings is 1. The summed E-state index contributed by atoms with van der Waals surface area (Å²) in [5.41, 5.74) is 0.455. The summed E-state index contributed by atoms with van der Waals surface area (Å²) >= 11 is 1.06. The summed E-state index contributed by atoms with van der Waals surface area (Å²) in [6.45, 7) is 3.57. The molecule has 33 heavy (non-hydrogen) atoms. The van der Waals surface area contributed by atoms with Crippen LogP contribution in [0.5, 0.6) is 11.5 Å². The smallest absolute Gasteiger partial charge is 0.252 e. The van der Waals surface area contributed by atoms with E-state index < -0.39 is 29.5 Å². The van der Waals surface area contributed by atoms with Crippen molar-refractivity contribution < 1.29 is 27.8 Å². The molecule has 0 aliphatic heterocycles. The zero-order valence-electron chi connectivity index (χ0n) is 18.4. The van der Waals surface area contributed by atoms with Crippen molar-refractivity contribution >= 4 is 28.3 Å². The van der Waals surface area contributed by atoms with Gasteiger partial charge in [-0.3, -0.25) is 9.59 Å². The fourth-order valence-corrected chi connectivity index (χ4v) is 3.74. The Bertz CT molecular complexity index is 1140. The fraction of sp³-hybridized carbons (Fsp3) is 0.261. The quantitative estimate of drug-likeness (QED) is 0.501. The van der Waals surface area contributed by atoms with Gasteiger partial charge in [0.1, 0.15) is 29.2 Å².